The van der Waals surface area contributed by atoms with Crippen molar-refractivity contribution in [3.8, 4) is 0 Å². The lowest BCUT2D eigenvalue weighted by molar-refractivity contribution is 0.109. The van der Waals surface area contributed by atoms with Crippen LogP contribution in [0, 0.1) is 6.92 Å². The SMILES string of the molecule is Cc1ccc2cc(CN3[C@H](C)CNC[C@@H]3C)ccc2n1.Cl. The van der Waals surface area contributed by atoms with Gasteiger partial charge in [-0.15, -0.1) is 12.4 Å². The maximum absolute atomic E-state index is 4.57. The van der Waals surface area contributed by atoms with E-state index >= 15 is 0 Å². The third kappa shape index (κ3) is 3.54. The van der Waals surface area contributed by atoms with Crippen molar-refractivity contribution in [3.05, 3.63) is 41.6 Å². The van der Waals surface area contributed by atoms with Gasteiger partial charge in [-0.05, 0) is 44.5 Å². The predicted molar refractivity (Wildman–Crippen MR) is 91.1 cm³/mol. The maximum Gasteiger partial charge on any atom is 0.0705 e. The molecule has 2 aromatic rings. The van der Waals surface area contributed by atoms with Crippen LogP contribution in [0.2, 0.25) is 0 Å². The molecule has 4 heteroatoms. The summed E-state index contributed by atoms with van der Waals surface area (Å²) in [6, 6.07) is 12.1. The van der Waals surface area contributed by atoms with Crippen molar-refractivity contribution in [1.29, 1.82) is 0 Å². The Morgan fingerprint density at radius 1 is 1.14 bits per heavy atom. The van der Waals surface area contributed by atoms with E-state index in [9.17, 15) is 0 Å². The van der Waals surface area contributed by atoms with Crippen molar-refractivity contribution < 1.29 is 0 Å². The molecule has 21 heavy (non-hydrogen) atoms. The third-order valence-electron chi connectivity index (χ3n) is 4.27. The molecule has 0 bridgehead atoms. The summed E-state index contributed by atoms with van der Waals surface area (Å²) in [5, 5.41) is 4.72. The first-order chi connectivity index (χ1) is 9.63. The van der Waals surface area contributed by atoms with E-state index in [1.807, 2.05) is 6.92 Å². The lowest BCUT2D eigenvalue weighted by atomic mass is 10.1. The molecule has 1 N–H and O–H groups in total. The zero-order chi connectivity index (χ0) is 14.1. The summed E-state index contributed by atoms with van der Waals surface area (Å²) in [6.07, 6.45) is 0. The van der Waals surface area contributed by atoms with Crippen molar-refractivity contribution >= 4 is 23.3 Å². The standard InChI is InChI=1S/C17H23N3.ClH/c1-12-4-6-16-8-15(5-7-17(16)19-12)11-20-13(2)9-18-10-14(20)3;/h4-8,13-14,18H,9-11H2,1-3H3;1H/t13-,14+;. The van der Waals surface area contributed by atoms with E-state index in [0.29, 0.717) is 12.1 Å². The number of hydrogen-bond donors (Lipinski definition) is 1. The Balaban J connectivity index is 0.00000161. The van der Waals surface area contributed by atoms with Crippen LogP contribution in [0.5, 0.6) is 0 Å². The van der Waals surface area contributed by atoms with Gasteiger partial charge < -0.3 is 5.32 Å². The van der Waals surface area contributed by atoms with Crippen LogP contribution in [0.3, 0.4) is 0 Å². The van der Waals surface area contributed by atoms with Gasteiger partial charge >= 0.3 is 0 Å². The van der Waals surface area contributed by atoms with Gasteiger partial charge in [0.15, 0.2) is 0 Å². The number of rotatable bonds is 2. The number of fused-ring (bicyclic) bond motifs is 1. The van der Waals surface area contributed by atoms with Crippen molar-refractivity contribution in [3.63, 3.8) is 0 Å². The molecule has 1 aliphatic rings. The minimum absolute atomic E-state index is 0. The Hall–Kier alpha value is -1.16. The van der Waals surface area contributed by atoms with Crippen LogP contribution in [-0.2, 0) is 6.54 Å². The van der Waals surface area contributed by atoms with Gasteiger partial charge in [-0.25, -0.2) is 0 Å². The largest absolute Gasteiger partial charge is 0.314 e. The Kier molecular flexibility index (Phi) is 5.20. The summed E-state index contributed by atoms with van der Waals surface area (Å²) in [5.74, 6) is 0. The summed E-state index contributed by atoms with van der Waals surface area (Å²) in [5.41, 5.74) is 3.55. The van der Waals surface area contributed by atoms with Gasteiger partial charge in [0.05, 0.1) is 5.52 Å². The van der Waals surface area contributed by atoms with Crippen LogP contribution in [-0.4, -0.2) is 35.1 Å². The molecule has 0 radical (unpaired) electrons. The molecule has 114 valence electrons. The first-order valence-electron chi connectivity index (χ1n) is 7.46. The quantitative estimate of drug-likeness (QED) is 0.924. The number of aromatic nitrogens is 1. The molecule has 3 nitrogen and oxygen atoms in total. The van der Waals surface area contributed by atoms with E-state index < -0.39 is 0 Å². The Morgan fingerprint density at radius 2 is 1.86 bits per heavy atom. The van der Waals surface area contributed by atoms with Gasteiger partial charge in [0.2, 0.25) is 0 Å². The predicted octanol–water partition coefficient (Wildman–Crippen LogP) is 3.15. The van der Waals surface area contributed by atoms with Gasteiger partial charge in [-0.3, -0.25) is 9.88 Å². The Bertz CT molecular complexity index is 604. The summed E-state index contributed by atoms with van der Waals surface area (Å²) >= 11 is 0. The van der Waals surface area contributed by atoms with Crippen molar-refractivity contribution in [2.45, 2.75) is 39.4 Å². The highest BCUT2D eigenvalue weighted by atomic mass is 35.5. The van der Waals surface area contributed by atoms with Crippen LogP contribution in [0.1, 0.15) is 25.1 Å². The molecule has 0 saturated carbocycles. The zero-order valence-electron chi connectivity index (χ0n) is 13.0. The van der Waals surface area contributed by atoms with E-state index in [2.05, 4.69) is 59.4 Å². The molecule has 0 spiro atoms. The number of nitrogens with zero attached hydrogens (tertiary/aromatic N) is 2. The number of benzene rings is 1. The number of aryl methyl sites for hydroxylation is 1. The molecular weight excluding hydrogens is 282 g/mol. The van der Waals surface area contributed by atoms with Crippen LogP contribution in [0.25, 0.3) is 10.9 Å². The van der Waals surface area contributed by atoms with Crippen LogP contribution in [0.15, 0.2) is 30.3 Å². The van der Waals surface area contributed by atoms with Gasteiger partial charge in [-0.1, -0.05) is 12.1 Å². The lowest BCUT2D eigenvalue weighted by Gasteiger charge is -2.39. The number of nitrogens with one attached hydrogen (secondary N) is 1. The highest BCUT2D eigenvalue weighted by Gasteiger charge is 2.24. The molecule has 0 amide bonds. The summed E-state index contributed by atoms with van der Waals surface area (Å²) in [4.78, 5) is 7.15. The number of pyridine rings is 1. The molecule has 1 saturated heterocycles. The average Bonchev–Trinajstić information content (AvgIpc) is 2.43. The van der Waals surface area contributed by atoms with Crippen LogP contribution in [0.4, 0.5) is 0 Å². The van der Waals surface area contributed by atoms with Gasteiger partial charge in [-0.2, -0.15) is 0 Å². The molecule has 0 unspecified atom stereocenters. The van der Waals surface area contributed by atoms with Gasteiger partial charge in [0.25, 0.3) is 0 Å². The second-order valence-electron chi connectivity index (χ2n) is 6.01. The molecule has 2 atom stereocenters. The summed E-state index contributed by atoms with van der Waals surface area (Å²) in [7, 11) is 0. The lowest BCUT2D eigenvalue weighted by Crippen LogP contribution is -2.54. The fourth-order valence-corrected chi connectivity index (χ4v) is 3.07. The van der Waals surface area contributed by atoms with E-state index in [1.54, 1.807) is 0 Å². The van der Waals surface area contributed by atoms with Crippen molar-refractivity contribution in [2.24, 2.45) is 0 Å². The van der Waals surface area contributed by atoms with Crippen molar-refractivity contribution in [2.75, 3.05) is 13.1 Å². The topological polar surface area (TPSA) is 28.2 Å². The van der Waals surface area contributed by atoms with Crippen LogP contribution >= 0.6 is 12.4 Å². The fraction of sp³-hybridized carbons (Fsp3) is 0.471. The number of halogens is 1. The molecule has 1 aromatic carbocycles. The summed E-state index contributed by atoms with van der Waals surface area (Å²) in [6.45, 7) is 9.83. The number of piperazine rings is 1. The number of hydrogen-bond acceptors (Lipinski definition) is 3. The second kappa shape index (κ2) is 6.73. The minimum atomic E-state index is 0. The van der Waals surface area contributed by atoms with E-state index in [1.165, 1.54) is 10.9 Å². The molecule has 0 aliphatic carbocycles. The highest BCUT2D eigenvalue weighted by Crippen LogP contribution is 2.19. The second-order valence-corrected chi connectivity index (χ2v) is 6.01. The van der Waals surface area contributed by atoms with E-state index in [4.69, 9.17) is 0 Å². The molecule has 1 aromatic heterocycles. The van der Waals surface area contributed by atoms with Gasteiger partial charge in [0.1, 0.15) is 0 Å². The van der Waals surface area contributed by atoms with Gasteiger partial charge in [0, 0.05) is 42.8 Å². The smallest absolute Gasteiger partial charge is 0.0705 e. The highest BCUT2D eigenvalue weighted by molar-refractivity contribution is 5.85. The third-order valence-corrected chi connectivity index (χ3v) is 4.27. The van der Waals surface area contributed by atoms with E-state index in [-0.39, 0.29) is 12.4 Å². The molecular formula is C17H24ClN3. The monoisotopic (exact) mass is 305 g/mol. The molecule has 3 rings (SSSR count). The first kappa shape index (κ1) is 16.2. The molecule has 1 aliphatic heterocycles. The average molecular weight is 306 g/mol. The molecule has 1 fully saturated rings. The normalized spacial score (nSPS) is 23.0. The van der Waals surface area contributed by atoms with Crippen LogP contribution < -0.4 is 5.32 Å². The Morgan fingerprint density at radius 3 is 2.57 bits per heavy atom. The molecule has 2 heterocycles. The fourth-order valence-electron chi connectivity index (χ4n) is 3.07. The minimum Gasteiger partial charge on any atom is -0.314 e. The maximum atomic E-state index is 4.57. The van der Waals surface area contributed by atoms with E-state index in [0.717, 1.165) is 30.8 Å². The summed E-state index contributed by atoms with van der Waals surface area (Å²) < 4.78 is 0. The zero-order valence-corrected chi connectivity index (χ0v) is 13.8. The van der Waals surface area contributed by atoms with Crippen molar-refractivity contribution in [1.82, 2.24) is 15.2 Å². The Labute approximate surface area is 133 Å². The first-order valence-corrected chi connectivity index (χ1v) is 7.46.